The standard InChI is InChI=1S/C10H10F3NO2S/c11-10(12,13)5-16-14-9(15)8-4-6-2-1-3-7(6)17-8/h4H,1-3,5H2,(H,14,15). The third kappa shape index (κ3) is 3.19. The van der Waals surface area contributed by atoms with Crippen LogP contribution in [0.1, 0.15) is 26.5 Å². The van der Waals surface area contributed by atoms with Gasteiger partial charge >= 0.3 is 6.18 Å². The number of amides is 1. The van der Waals surface area contributed by atoms with E-state index in [1.807, 2.05) is 0 Å². The van der Waals surface area contributed by atoms with E-state index in [1.54, 1.807) is 11.5 Å². The van der Waals surface area contributed by atoms with Crippen LogP contribution < -0.4 is 5.48 Å². The van der Waals surface area contributed by atoms with Crippen molar-refractivity contribution in [3.8, 4) is 0 Å². The number of halogens is 3. The SMILES string of the molecule is O=C(NOCC(F)(F)F)c1cc2c(s1)CCC2. The first-order valence-corrected chi connectivity index (χ1v) is 5.88. The summed E-state index contributed by atoms with van der Waals surface area (Å²) in [5, 5.41) is 0. The molecule has 3 nitrogen and oxygen atoms in total. The summed E-state index contributed by atoms with van der Waals surface area (Å²) in [6.45, 7) is -1.48. The Bertz CT molecular complexity index is 406. The Hall–Kier alpha value is -1.08. The molecule has 1 aromatic rings. The van der Waals surface area contributed by atoms with E-state index in [0.717, 1.165) is 29.7 Å². The Balaban J connectivity index is 1.87. The molecule has 0 unspecified atom stereocenters. The van der Waals surface area contributed by atoms with Gasteiger partial charge in [-0.25, -0.2) is 5.48 Å². The second-order valence-corrected chi connectivity index (χ2v) is 4.88. The van der Waals surface area contributed by atoms with Crippen LogP contribution in [0, 0.1) is 0 Å². The number of aryl methyl sites for hydroxylation is 2. The van der Waals surface area contributed by atoms with E-state index in [4.69, 9.17) is 0 Å². The first kappa shape index (κ1) is 12.4. The Morgan fingerprint density at radius 2 is 2.24 bits per heavy atom. The van der Waals surface area contributed by atoms with Crippen molar-refractivity contribution in [2.45, 2.75) is 25.4 Å². The van der Waals surface area contributed by atoms with Crippen LogP contribution in [-0.2, 0) is 17.7 Å². The molecule has 7 heteroatoms. The molecule has 1 aliphatic carbocycles. The van der Waals surface area contributed by atoms with E-state index in [2.05, 4.69) is 4.84 Å². The first-order valence-electron chi connectivity index (χ1n) is 5.06. The predicted octanol–water partition coefficient (Wildman–Crippen LogP) is 2.46. The van der Waals surface area contributed by atoms with Crippen molar-refractivity contribution in [2.75, 3.05) is 6.61 Å². The third-order valence-electron chi connectivity index (χ3n) is 2.37. The smallest absolute Gasteiger partial charge is 0.266 e. The molecular weight excluding hydrogens is 255 g/mol. The van der Waals surface area contributed by atoms with Gasteiger partial charge in [-0.2, -0.15) is 13.2 Å². The lowest BCUT2D eigenvalue weighted by atomic mass is 10.2. The van der Waals surface area contributed by atoms with Crippen molar-refractivity contribution in [3.63, 3.8) is 0 Å². The lowest BCUT2D eigenvalue weighted by molar-refractivity contribution is -0.184. The second kappa shape index (κ2) is 4.66. The minimum atomic E-state index is -4.44. The van der Waals surface area contributed by atoms with Crippen LogP contribution in [0.3, 0.4) is 0 Å². The molecule has 0 spiro atoms. The van der Waals surface area contributed by atoms with Crippen LogP contribution in [0.15, 0.2) is 6.07 Å². The van der Waals surface area contributed by atoms with Gasteiger partial charge in [-0.3, -0.25) is 9.63 Å². The molecule has 1 aliphatic rings. The van der Waals surface area contributed by atoms with Crippen molar-refractivity contribution in [3.05, 3.63) is 21.4 Å². The number of nitrogens with one attached hydrogen (secondary N) is 1. The molecule has 1 N–H and O–H groups in total. The quantitative estimate of drug-likeness (QED) is 0.853. The Labute approximate surface area is 99.5 Å². The topological polar surface area (TPSA) is 38.3 Å². The van der Waals surface area contributed by atoms with E-state index in [0.29, 0.717) is 4.88 Å². The molecule has 0 bridgehead atoms. The van der Waals surface area contributed by atoms with Gasteiger partial charge in [0.2, 0.25) is 0 Å². The van der Waals surface area contributed by atoms with Gasteiger partial charge in [0.1, 0.15) is 0 Å². The van der Waals surface area contributed by atoms with Crippen LogP contribution in [0.25, 0.3) is 0 Å². The highest BCUT2D eigenvalue weighted by molar-refractivity contribution is 7.14. The molecular formula is C10H10F3NO2S. The molecule has 2 rings (SSSR count). The summed E-state index contributed by atoms with van der Waals surface area (Å²) < 4.78 is 35.3. The molecule has 0 radical (unpaired) electrons. The van der Waals surface area contributed by atoms with Gasteiger partial charge in [-0.1, -0.05) is 0 Å². The first-order chi connectivity index (χ1) is 7.96. The average Bonchev–Trinajstić information content (AvgIpc) is 2.73. The number of hydrogen-bond donors (Lipinski definition) is 1. The van der Waals surface area contributed by atoms with Crippen molar-refractivity contribution in [2.24, 2.45) is 0 Å². The van der Waals surface area contributed by atoms with E-state index in [-0.39, 0.29) is 0 Å². The second-order valence-electron chi connectivity index (χ2n) is 3.75. The zero-order valence-electron chi connectivity index (χ0n) is 8.76. The van der Waals surface area contributed by atoms with Gasteiger partial charge in [0.15, 0.2) is 6.61 Å². The maximum atomic E-state index is 11.8. The maximum absolute atomic E-state index is 11.8. The summed E-state index contributed by atoms with van der Waals surface area (Å²) in [5.41, 5.74) is 2.92. The zero-order chi connectivity index (χ0) is 12.5. The van der Waals surface area contributed by atoms with Gasteiger partial charge in [0.05, 0.1) is 4.88 Å². The maximum Gasteiger partial charge on any atom is 0.414 e. The molecule has 1 aromatic heterocycles. The van der Waals surface area contributed by atoms with Crippen molar-refractivity contribution < 1.29 is 22.8 Å². The third-order valence-corrected chi connectivity index (χ3v) is 3.61. The highest BCUT2D eigenvalue weighted by Crippen LogP contribution is 2.30. The van der Waals surface area contributed by atoms with Crippen LogP contribution in [0.5, 0.6) is 0 Å². The van der Waals surface area contributed by atoms with Crippen LogP contribution in [0.2, 0.25) is 0 Å². The number of thiophene rings is 1. The molecule has 94 valence electrons. The fourth-order valence-corrected chi connectivity index (χ4v) is 2.81. The van der Waals surface area contributed by atoms with E-state index >= 15 is 0 Å². The number of alkyl halides is 3. The van der Waals surface area contributed by atoms with Crippen molar-refractivity contribution in [1.29, 1.82) is 0 Å². The van der Waals surface area contributed by atoms with Gasteiger partial charge in [0.25, 0.3) is 5.91 Å². The lowest BCUT2D eigenvalue weighted by Gasteiger charge is -2.07. The minimum Gasteiger partial charge on any atom is -0.266 e. The van der Waals surface area contributed by atoms with Crippen LogP contribution in [-0.4, -0.2) is 18.7 Å². The van der Waals surface area contributed by atoms with E-state index in [1.165, 1.54) is 11.3 Å². The largest absolute Gasteiger partial charge is 0.414 e. The average molecular weight is 265 g/mol. The van der Waals surface area contributed by atoms with Gasteiger partial charge in [-0.15, -0.1) is 11.3 Å². The van der Waals surface area contributed by atoms with Gasteiger partial charge in [0, 0.05) is 4.88 Å². The molecule has 0 aromatic carbocycles. The summed E-state index contributed by atoms with van der Waals surface area (Å²) >= 11 is 1.31. The Kier molecular flexibility index (Phi) is 3.39. The molecule has 1 amide bonds. The molecule has 1 heterocycles. The van der Waals surface area contributed by atoms with Crippen LogP contribution in [0.4, 0.5) is 13.2 Å². The van der Waals surface area contributed by atoms with E-state index < -0.39 is 18.7 Å². The van der Waals surface area contributed by atoms with E-state index in [9.17, 15) is 18.0 Å². The number of carbonyl (C=O) groups excluding carboxylic acids is 1. The number of fused-ring (bicyclic) bond motifs is 1. The summed E-state index contributed by atoms with van der Waals surface area (Å²) in [7, 11) is 0. The Morgan fingerprint density at radius 1 is 1.47 bits per heavy atom. The number of hydroxylamine groups is 1. The predicted molar refractivity (Wildman–Crippen MR) is 55.8 cm³/mol. The molecule has 0 aliphatic heterocycles. The lowest BCUT2D eigenvalue weighted by Crippen LogP contribution is -2.29. The fraction of sp³-hybridized carbons (Fsp3) is 0.500. The van der Waals surface area contributed by atoms with Crippen LogP contribution >= 0.6 is 11.3 Å². The summed E-state index contributed by atoms with van der Waals surface area (Å²) in [5.74, 6) is -0.617. The monoisotopic (exact) mass is 265 g/mol. The highest BCUT2D eigenvalue weighted by atomic mass is 32.1. The number of hydrogen-bond acceptors (Lipinski definition) is 3. The molecule has 0 saturated carbocycles. The van der Waals surface area contributed by atoms with Gasteiger partial charge < -0.3 is 0 Å². The fourth-order valence-electron chi connectivity index (χ4n) is 1.67. The highest BCUT2D eigenvalue weighted by Gasteiger charge is 2.28. The Morgan fingerprint density at radius 3 is 2.88 bits per heavy atom. The van der Waals surface area contributed by atoms with Crippen molar-refractivity contribution in [1.82, 2.24) is 5.48 Å². The number of rotatable bonds is 3. The normalized spacial score (nSPS) is 14.8. The minimum absolute atomic E-state index is 0.400. The molecule has 0 fully saturated rings. The zero-order valence-corrected chi connectivity index (χ0v) is 9.58. The summed E-state index contributed by atoms with van der Waals surface area (Å²) in [6.07, 6.45) is -1.49. The van der Waals surface area contributed by atoms with Crippen molar-refractivity contribution >= 4 is 17.2 Å². The summed E-state index contributed by atoms with van der Waals surface area (Å²) in [4.78, 5) is 17.1. The number of carbonyl (C=O) groups is 1. The molecule has 0 atom stereocenters. The molecule has 0 saturated heterocycles. The summed E-state index contributed by atoms with van der Waals surface area (Å²) in [6, 6.07) is 1.72. The molecule has 17 heavy (non-hydrogen) atoms. The van der Waals surface area contributed by atoms with Gasteiger partial charge in [-0.05, 0) is 30.9 Å².